The van der Waals surface area contributed by atoms with Gasteiger partial charge in [-0.1, -0.05) is 78.4 Å². The summed E-state index contributed by atoms with van der Waals surface area (Å²) >= 11 is 0. The van der Waals surface area contributed by atoms with Crippen LogP contribution in [0.2, 0.25) is 0 Å². The zero-order valence-electron chi connectivity index (χ0n) is 19.3. The van der Waals surface area contributed by atoms with Crippen LogP contribution in [-0.2, 0) is 4.79 Å². The van der Waals surface area contributed by atoms with Crippen molar-refractivity contribution in [2.45, 2.75) is 26.8 Å². The fourth-order valence-electron chi connectivity index (χ4n) is 4.82. The maximum absolute atomic E-state index is 12.8. The van der Waals surface area contributed by atoms with E-state index in [-0.39, 0.29) is 11.9 Å². The first-order chi connectivity index (χ1) is 15.5. The molecule has 0 unspecified atom stereocenters. The van der Waals surface area contributed by atoms with Crippen LogP contribution in [0.1, 0.15) is 33.9 Å². The Labute approximate surface area is 191 Å². The topological polar surface area (TPSA) is 35.6 Å². The number of aryl methyl sites for hydroxylation is 3. The molecule has 1 aliphatic rings. The maximum Gasteiger partial charge on any atom is 0.238 e. The smallest absolute Gasteiger partial charge is 0.238 e. The Morgan fingerprint density at radius 3 is 1.81 bits per heavy atom. The minimum absolute atomic E-state index is 0.0659. The molecule has 0 aromatic heterocycles. The van der Waals surface area contributed by atoms with Gasteiger partial charge >= 0.3 is 0 Å². The highest BCUT2D eigenvalue weighted by atomic mass is 16.2. The summed E-state index contributed by atoms with van der Waals surface area (Å²) in [5.41, 5.74) is 7.04. The molecule has 0 atom stereocenters. The second-order valence-corrected chi connectivity index (χ2v) is 8.86. The summed E-state index contributed by atoms with van der Waals surface area (Å²) in [6.07, 6.45) is 0. The van der Waals surface area contributed by atoms with Gasteiger partial charge in [-0.15, -0.1) is 0 Å². The summed E-state index contributed by atoms with van der Waals surface area (Å²) in [6, 6.07) is 25.9. The molecule has 4 heteroatoms. The summed E-state index contributed by atoms with van der Waals surface area (Å²) < 4.78 is 0. The van der Waals surface area contributed by atoms with Crippen molar-refractivity contribution < 1.29 is 4.79 Å². The van der Waals surface area contributed by atoms with Crippen molar-refractivity contribution in [1.82, 2.24) is 9.80 Å². The number of rotatable bonds is 6. The fraction of sp³-hybridized carbons (Fsp3) is 0.321. The Balaban J connectivity index is 1.39. The third kappa shape index (κ3) is 5.26. The molecule has 1 aliphatic heterocycles. The minimum Gasteiger partial charge on any atom is -0.324 e. The number of hydrogen-bond donors (Lipinski definition) is 1. The number of benzene rings is 3. The van der Waals surface area contributed by atoms with Crippen molar-refractivity contribution in [2.24, 2.45) is 0 Å². The highest BCUT2D eigenvalue weighted by molar-refractivity contribution is 5.93. The molecule has 0 radical (unpaired) electrons. The van der Waals surface area contributed by atoms with Gasteiger partial charge in [-0.3, -0.25) is 14.6 Å². The Morgan fingerprint density at radius 1 is 0.812 bits per heavy atom. The summed E-state index contributed by atoms with van der Waals surface area (Å²) in [5.74, 6) is 0.0659. The maximum atomic E-state index is 12.8. The highest BCUT2D eigenvalue weighted by Gasteiger charge is 2.27. The molecular formula is C28H33N3O. The molecule has 1 fully saturated rings. The first kappa shape index (κ1) is 22.3. The number of nitrogens with one attached hydrogen (secondary N) is 1. The van der Waals surface area contributed by atoms with E-state index >= 15 is 0 Å². The predicted octanol–water partition coefficient (Wildman–Crippen LogP) is 4.96. The molecule has 0 saturated carbocycles. The van der Waals surface area contributed by atoms with E-state index in [1.165, 1.54) is 16.7 Å². The predicted molar refractivity (Wildman–Crippen MR) is 132 cm³/mol. The van der Waals surface area contributed by atoms with Gasteiger partial charge in [0, 0.05) is 31.9 Å². The molecule has 1 N–H and O–H groups in total. The minimum atomic E-state index is 0.0659. The molecule has 4 rings (SSSR count). The molecule has 0 spiro atoms. The van der Waals surface area contributed by atoms with E-state index in [1.54, 1.807) is 0 Å². The van der Waals surface area contributed by atoms with Crippen molar-refractivity contribution in [3.8, 4) is 0 Å². The number of hydrogen-bond acceptors (Lipinski definition) is 3. The Bertz CT molecular complexity index is 978. The SMILES string of the molecule is Cc1cc(C)c(NC(=O)CN2CCN(C(c3ccccc3)c3ccccc3)CC2)c(C)c1. The monoisotopic (exact) mass is 427 g/mol. The quantitative estimate of drug-likeness (QED) is 0.604. The van der Waals surface area contributed by atoms with Gasteiger partial charge in [-0.2, -0.15) is 0 Å². The van der Waals surface area contributed by atoms with Gasteiger partial charge in [0.1, 0.15) is 0 Å². The summed E-state index contributed by atoms with van der Waals surface area (Å²) in [4.78, 5) is 17.6. The summed E-state index contributed by atoms with van der Waals surface area (Å²) in [5, 5.41) is 3.14. The molecule has 3 aromatic carbocycles. The Hall–Kier alpha value is -2.95. The third-order valence-corrected chi connectivity index (χ3v) is 6.31. The largest absolute Gasteiger partial charge is 0.324 e. The number of piperazine rings is 1. The summed E-state index contributed by atoms with van der Waals surface area (Å²) in [7, 11) is 0. The standard InChI is InChI=1S/C28H33N3O/c1-21-18-22(2)27(23(3)19-21)29-26(32)20-30-14-16-31(17-15-30)28(24-10-6-4-7-11-24)25-12-8-5-9-13-25/h4-13,18-19,28H,14-17,20H2,1-3H3,(H,29,32). The van der Waals surface area contributed by atoms with Crippen LogP contribution in [-0.4, -0.2) is 48.4 Å². The summed E-state index contributed by atoms with van der Waals surface area (Å²) in [6.45, 7) is 10.3. The first-order valence-electron chi connectivity index (χ1n) is 11.5. The number of nitrogens with zero attached hydrogens (tertiary/aromatic N) is 2. The first-order valence-corrected chi connectivity index (χ1v) is 11.5. The average molecular weight is 428 g/mol. The van der Waals surface area contributed by atoms with Crippen LogP contribution in [0, 0.1) is 20.8 Å². The van der Waals surface area contributed by atoms with E-state index < -0.39 is 0 Å². The fourth-order valence-corrected chi connectivity index (χ4v) is 4.82. The number of carbonyl (C=O) groups is 1. The molecule has 166 valence electrons. The van der Waals surface area contributed by atoms with Crippen LogP contribution >= 0.6 is 0 Å². The normalized spacial score (nSPS) is 15.1. The van der Waals surface area contributed by atoms with Gasteiger partial charge in [0.05, 0.1) is 12.6 Å². The molecule has 32 heavy (non-hydrogen) atoms. The Morgan fingerprint density at radius 2 is 1.31 bits per heavy atom. The van der Waals surface area contributed by atoms with E-state index in [2.05, 4.69) is 109 Å². The van der Waals surface area contributed by atoms with Crippen LogP contribution in [0.3, 0.4) is 0 Å². The molecule has 1 amide bonds. The zero-order chi connectivity index (χ0) is 22.5. The van der Waals surface area contributed by atoms with E-state index in [0.29, 0.717) is 6.54 Å². The van der Waals surface area contributed by atoms with Gasteiger partial charge in [0.25, 0.3) is 0 Å². The lowest BCUT2D eigenvalue weighted by Gasteiger charge is -2.39. The Kier molecular flexibility index (Phi) is 7.03. The van der Waals surface area contributed by atoms with E-state index in [1.807, 2.05) is 0 Å². The van der Waals surface area contributed by atoms with Crippen molar-refractivity contribution in [1.29, 1.82) is 0 Å². The average Bonchev–Trinajstić information content (AvgIpc) is 2.79. The second-order valence-electron chi connectivity index (χ2n) is 8.86. The van der Waals surface area contributed by atoms with Crippen molar-refractivity contribution in [3.05, 3.63) is 101 Å². The van der Waals surface area contributed by atoms with Crippen LogP contribution in [0.5, 0.6) is 0 Å². The zero-order valence-corrected chi connectivity index (χ0v) is 19.3. The highest BCUT2D eigenvalue weighted by Crippen LogP contribution is 2.29. The van der Waals surface area contributed by atoms with Crippen molar-refractivity contribution in [3.63, 3.8) is 0 Å². The molecule has 1 saturated heterocycles. The van der Waals surface area contributed by atoms with Crippen LogP contribution in [0.25, 0.3) is 0 Å². The van der Waals surface area contributed by atoms with E-state index in [0.717, 1.165) is 43.0 Å². The lowest BCUT2D eigenvalue weighted by atomic mass is 9.96. The van der Waals surface area contributed by atoms with Crippen LogP contribution in [0.15, 0.2) is 72.8 Å². The number of amides is 1. The van der Waals surface area contributed by atoms with Gasteiger partial charge in [-0.25, -0.2) is 0 Å². The van der Waals surface area contributed by atoms with Crippen molar-refractivity contribution in [2.75, 3.05) is 38.0 Å². The molecule has 3 aromatic rings. The lowest BCUT2D eigenvalue weighted by Crippen LogP contribution is -2.49. The number of anilines is 1. The van der Waals surface area contributed by atoms with E-state index in [9.17, 15) is 4.79 Å². The van der Waals surface area contributed by atoms with Gasteiger partial charge in [0.2, 0.25) is 5.91 Å². The van der Waals surface area contributed by atoms with Crippen LogP contribution in [0.4, 0.5) is 5.69 Å². The van der Waals surface area contributed by atoms with E-state index in [4.69, 9.17) is 0 Å². The third-order valence-electron chi connectivity index (χ3n) is 6.31. The lowest BCUT2D eigenvalue weighted by molar-refractivity contribution is -0.117. The molecular weight excluding hydrogens is 394 g/mol. The second kappa shape index (κ2) is 10.1. The number of carbonyl (C=O) groups excluding carboxylic acids is 1. The van der Waals surface area contributed by atoms with Gasteiger partial charge in [0.15, 0.2) is 0 Å². The van der Waals surface area contributed by atoms with Gasteiger partial charge < -0.3 is 5.32 Å². The molecule has 1 heterocycles. The molecule has 4 nitrogen and oxygen atoms in total. The van der Waals surface area contributed by atoms with Crippen LogP contribution < -0.4 is 5.32 Å². The molecule has 0 bridgehead atoms. The van der Waals surface area contributed by atoms with Crippen molar-refractivity contribution >= 4 is 11.6 Å². The molecule has 0 aliphatic carbocycles. The van der Waals surface area contributed by atoms with Gasteiger partial charge in [-0.05, 0) is 43.0 Å².